The van der Waals surface area contributed by atoms with E-state index in [1.165, 1.54) is 0 Å². The molecule has 1 aliphatic rings. The van der Waals surface area contributed by atoms with E-state index in [0.717, 1.165) is 16.9 Å². The van der Waals surface area contributed by atoms with Gasteiger partial charge < -0.3 is 14.4 Å². The number of furan rings is 1. The first-order valence-corrected chi connectivity index (χ1v) is 8.08. The van der Waals surface area contributed by atoms with Crippen molar-refractivity contribution in [3.63, 3.8) is 0 Å². The number of carboxylic acid groups (broad SMARTS) is 1. The van der Waals surface area contributed by atoms with Crippen molar-refractivity contribution < 1.29 is 19.1 Å². The SMILES string of the molecule is Cc1oc(C(C)C)cc1C(=O)N1Cc2ccccc2C(C(=O)O)C1. The highest BCUT2D eigenvalue weighted by atomic mass is 16.4. The highest BCUT2D eigenvalue weighted by Crippen LogP contribution is 2.31. The van der Waals surface area contributed by atoms with Gasteiger partial charge in [-0.25, -0.2) is 0 Å². The Morgan fingerprint density at radius 3 is 2.62 bits per heavy atom. The summed E-state index contributed by atoms with van der Waals surface area (Å²) in [5.74, 6) is -0.247. The van der Waals surface area contributed by atoms with E-state index in [4.69, 9.17) is 4.42 Å². The van der Waals surface area contributed by atoms with Crippen LogP contribution in [0.1, 0.15) is 58.7 Å². The second kappa shape index (κ2) is 6.15. The second-order valence-electron chi connectivity index (χ2n) is 6.55. The maximum absolute atomic E-state index is 12.9. The Labute approximate surface area is 140 Å². The normalized spacial score (nSPS) is 17.0. The molecule has 2 heterocycles. The molecule has 1 aromatic heterocycles. The molecule has 0 spiro atoms. The maximum Gasteiger partial charge on any atom is 0.312 e. The van der Waals surface area contributed by atoms with Gasteiger partial charge in [-0.15, -0.1) is 0 Å². The van der Waals surface area contributed by atoms with Crippen molar-refractivity contribution in [1.82, 2.24) is 4.90 Å². The zero-order chi connectivity index (χ0) is 17.4. The second-order valence-corrected chi connectivity index (χ2v) is 6.55. The summed E-state index contributed by atoms with van der Waals surface area (Å²) in [5.41, 5.74) is 2.19. The number of hydrogen-bond donors (Lipinski definition) is 1. The van der Waals surface area contributed by atoms with Crippen molar-refractivity contribution in [3.05, 3.63) is 58.5 Å². The summed E-state index contributed by atoms with van der Waals surface area (Å²) in [6, 6.07) is 9.19. The van der Waals surface area contributed by atoms with Crippen LogP contribution >= 0.6 is 0 Å². The van der Waals surface area contributed by atoms with Crippen LogP contribution in [-0.4, -0.2) is 28.4 Å². The first-order valence-electron chi connectivity index (χ1n) is 8.08. The van der Waals surface area contributed by atoms with Crippen molar-refractivity contribution in [3.8, 4) is 0 Å². The molecule has 1 unspecified atom stereocenters. The van der Waals surface area contributed by atoms with Crippen LogP contribution in [0.15, 0.2) is 34.7 Å². The molecule has 1 aromatic carbocycles. The summed E-state index contributed by atoms with van der Waals surface area (Å²) in [7, 11) is 0. The molecule has 1 aliphatic heterocycles. The quantitative estimate of drug-likeness (QED) is 0.936. The summed E-state index contributed by atoms with van der Waals surface area (Å²) in [5, 5.41) is 9.53. The molecule has 0 aliphatic carbocycles. The fourth-order valence-electron chi connectivity index (χ4n) is 3.15. The highest BCUT2D eigenvalue weighted by Gasteiger charge is 2.33. The summed E-state index contributed by atoms with van der Waals surface area (Å²) >= 11 is 0. The van der Waals surface area contributed by atoms with E-state index >= 15 is 0 Å². The first kappa shape index (κ1) is 16.3. The average molecular weight is 327 g/mol. The van der Waals surface area contributed by atoms with Gasteiger partial charge >= 0.3 is 5.97 Å². The van der Waals surface area contributed by atoms with E-state index in [0.29, 0.717) is 17.9 Å². The molecule has 2 aromatic rings. The fourth-order valence-corrected chi connectivity index (χ4v) is 3.15. The van der Waals surface area contributed by atoms with Gasteiger partial charge in [0, 0.05) is 19.0 Å². The van der Waals surface area contributed by atoms with Crippen LogP contribution in [-0.2, 0) is 11.3 Å². The Morgan fingerprint density at radius 1 is 1.29 bits per heavy atom. The summed E-state index contributed by atoms with van der Waals surface area (Å²) in [6.45, 7) is 6.37. The molecule has 0 saturated heterocycles. The zero-order valence-corrected chi connectivity index (χ0v) is 14.1. The van der Waals surface area contributed by atoms with Crippen LogP contribution in [0, 0.1) is 6.92 Å². The molecular weight excluding hydrogens is 306 g/mol. The molecule has 1 amide bonds. The minimum absolute atomic E-state index is 0.173. The summed E-state index contributed by atoms with van der Waals surface area (Å²) in [6.07, 6.45) is 0. The van der Waals surface area contributed by atoms with E-state index in [2.05, 4.69) is 0 Å². The third-order valence-electron chi connectivity index (χ3n) is 4.52. The standard InChI is InChI=1S/C19H21NO4/c1-11(2)17-8-15(12(3)24-17)18(21)20-9-13-6-4-5-7-14(13)16(10-20)19(22)23/h4-8,11,16H,9-10H2,1-3H3,(H,22,23). The van der Waals surface area contributed by atoms with Gasteiger partial charge in [0.05, 0.1) is 11.5 Å². The molecular formula is C19H21NO4. The largest absolute Gasteiger partial charge is 0.481 e. The molecule has 0 saturated carbocycles. The molecule has 5 heteroatoms. The molecule has 0 bridgehead atoms. The van der Waals surface area contributed by atoms with Crippen LogP contribution in [0.2, 0.25) is 0 Å². The number of hydrogen-bond acceptors (Lipinski definition) is 3. The van der Waals surface area contributed by atoms with Gasteiger partial charge in [0.25, 0.3) is 5.91 Å². The first-order chi connectivity index (χ1) is 11.4. The molecule has 126 valence electrons. The Hall–Kier alpha value is -2.56. The molecule has 5 nitrogen and oxygen atoms in total. The van der Waals surface area contributed by atoms with Crippen molar-refractivity contribution in [2.24, 2.45) is 0 Å². The molecule has 0 radical (unpaired) electrons. The number of amides is 1. The zero-order valence-electron chi connectivity index (χ0n) is 14.1. The predicted octanol–water partition coefficient (Wildman–Crippen LogP) is 3.54. The lowest BCUT2D eigenvalue weighted by Crippen LogP contribution is -2.40. The summed E-state index contributed by atoms with van der Waals surface area (Å²) in [4.78, 5) is 26.1. The molecule has 1 atom stereocenters. The van der Waals surface area contributed by atoms with Crippen molar-refractivity contribution >= 4 is 11.9 Å². The highest BCUT2D eigenvalue weighted by molar-refractivity contribution is 5.96. The van der Waals surface area contributed by atoms with Gasteiger partial charge in [0.2, 0.25) is 0 Å². The third kappa shape index (κ3) is 2.82. The number of nitrogens with zero attached hydrogens (tertiary/aromatic N) is 1. The van der Waals surface area contributed by atoms with Crippen LogP contribution < -0.4 is 0 Å². The Balaban J connectivity index is 1.93. The van der Waals surface area contributed by atoms with Gasteiger partial charge in [-0.2, -0.15) is 0 Å². The van der Waals surface area contributed by atoms with Gasteiger partial charge in [-0.3, -0.25) is 9.59 Å². The number of benzene rings is 1. The summed E-state index contributed by atoms with van der Waals surface area (Å²) < 4.78 is 5.67. The van der Waals surface area contributed by atoms with Crippen LogP contribution in [0.25, 0.3) is 0 Å². The van der Waals surface area contributed by atoms with Gasteiger partial charge in [-0.05, 0) is 24.1 Å². The smallest absolute Gasteiger partial charge is 0.312 e. The number of aryl methyl sites for hydroxylation is 1. The average Bonchev–Trinajstić information content (AvgIpc) is 2.95. The van der Waals surface area contributed by atoms with E-state index in [1.807, 2.05) is 38.1 Å². The fraction of sp³-hybridized carbons (Fsp3) is 0.368. The predicted molar refractivity (Wildman–Crippen MR) is 89.1 cm³/mol. The molecule has 24 heavy (non-hydrogen) atoms. The van der Waals surface area contributed by atoms with E-state index in [1.54, 1.807) is 17.9 Å². The molecule has 1 N–H and O–H groups in total. The van der Waals surface area contributed by atoms with E-state index in [-0.39, 0.29) is 18.4 Å². The topological polar surface area (TPSA) is 70.8 Å². The van der Waals surface area contributed by atoms with Crippen LogP contribution in [0.5, 0.6) is 0 Å². The lowest BCUT2D eigenvalue weighted by Gasteiger charge is -2.32. The maximum atomic E-state index is 12.9. The van der Waals surface area contributed by atoms with Crippen LogP contribution in [0.3, 0.4) is 0 Å². The monoisotopic (exact) mass is 327 g/mol. The number of rotatable bonds is 3. The number of carbonyl (C=O) groups is 2. The van der Waals surface area contributed by atoms with Gasteiger partial charge in [0.15, 0.2) is 0 Å². The van der Waals surface area contributed by atoms with Gasteiger partial charge in [0.1, 0.15) is 11.5 Å². The van der Waals surface area contributed by atoms with E-state index in [9.17, 15) is 14.7 Å². The Morgan fingerprint density at radius 2 is 2.00 bits per heavy atom. The minimum atomic E-state index is -0.910. The number of carbonyl (C=O) groups excluding carboxylic acids is 1. The van der Waals surface area contributed by atoms with E-state index < -0.39 is 11.9 Å². The van der Waals surface area contributed by atoms with Crippen molar-refractivity contribution in [2.45, 2.75) is 39.2 Å². The van der Waals surface area contributed by atoms with Crippen LogP contribution in [0.4, 0.5) is 0 Å². The van der Waals surface area contributed by atoms with Gasteiger partial charge in [-0.1, -0.05) is 38.1 Å². The van der Waals surface area contributed by atoms with Crippen molar-refractivity contribution in [1.29, 1.82) is 0 Å². The lowest BCUT2D eigenvalue weighted by molar-refractivity contribution is -0.139. The number of aliphatic carboxylic acids is 1. The number of carboxylic acids is 1. The molecule has 3 rings (SSSR count). The Bertz CT molecular complexity index is 790. The van der Waals surface area contributed by atoms with Crippen molar-refractivity contribution in [2.75, 3.05) is 6.54 Å². The Kier molecular flexibility index (Phi) is 4.18. The lowest BCUT2D eigenvalue weighted by atomic mass is 9.89. The minimum Gasteiger partial charge on any atom is -0.481 e. The molecule has 0 fully saturated rings. The third-order valence-corrected chi connectivity index (χ3v) is 4.52. The number of fused-ring (bicyclic) bond motifs is 1.